The molecule has 50 nitrogen and oxygen atoms in total. The molecule has 0 aliphatic carbocycles. The number of aliphatic carboxylic acids is 1. The Balaban J connectivity index is 1.29. The number of aliphatic hydroxyl groups is 2. The highest BCUT2D eigenvalue weighted by Crippen LogP contribution is 2.26. The van der Waals surface area contributed by atoms with Gasteiger partial charge >= 0.3 is 5.97 Å². The number of carboxylic acids is 1. The van der Waals surface area contributed by atoms with Gasteiger partial charge in [-0.1, -0.05) is 122 Å². The number of nitrogens with two attached hydrogens (primary N) is 4. The van der Waals surface area contributed by atoms with Gasteiger partial charge in [-0.25, -0.2) is 4.98 Å². The Labute approximate surface area is 820 Å². The number of amides is 19. The van der Waals surface area contributed by atoms with Crippen LogP contribution in [0.2, 0.25) is 0 Å². The average Bonchev–Trinajstić information content (AvgIpc) is 1.66. The van der Waals surface area contributed by atoms with Crippen LogP contribution in [0.5, 0.6) is 0 Å². The second-order valence-electron chi connectivity index (χ2n) is 37.1. The molecule has 780 valence electrons. The third-order valence-electron chi connectivity index (χ3n) is 25.0. The van der Waals surface area contributed by atoms with E-state index in [0.717, 1.165) is 28.5 Å². The summed E-state index contributed by atoms with van der Waals surface area (Å²) in [5.41, 5.74) is 23.9. The molecule has 142 heavy (non-hydrogen) atoms. The van der Waals surface area contributed by atoms with Crippen molar-refractivity contribution < 1.29 is 111 Å². The summed E-state index contributed by atoms with van der Waals surface area (Å²) in [4.78, 5) is 301. The molecule has 0 bridgehead atoms. The van der Waals surface area contributed by atoms with E-state index in [2.05, 4.69) is 95.0 Å². The number of primary amides is 2. The van der Waals surface area contributed by atoms with E-state index in [1.165, 1.54) is 26.4 Å². The fourth-order valence-corrected chi connectivity index (χ4v) is 16.9. The Morgan fingerprint density at radius 3 is 1.12 bits per heavy atom. The third kappa shape index (κ3) is 33.9. The van der Waals surface area contributed by atoms with Gasteiger partial charge in [-0.15, -0.1) is 0 Å². The number of fused-ring (bicyclic) bond motifs is 3. The summed E-state index contributed by atoms with van der Waals surface area (Å²) in [5.74, 6) is -26.5. The van der Waals surface area contributed by atoms with Crippen molar-refractivity contribution in [1.82, 2.24) is 110 Å². The number of nitrogens with one attached hydrogen (secondary N) is 19. The van der Waals surface area contributed by atoms with E-state index in [-0.39, 0.29) is 128 Å². The molecule has 20 atom stereocenters. The molecule has 4 aliphatic rings. The summed E-state index contributed by atoms with van der Waals surface area (Å²) in [6.45, 7) is 13.9. The highest BCUT2D eigenvalue weighted by atomic mass is 16.4. The van der Waals surface area contributed by atoms with Crippen LogP contribution in [0.3, 0.4) is 0 Å². The minimum Gasteiger partial charge on any atom is -0.481 e. The van der Waals surface area contributed by atoms with E-state index in [9.17, 15) is 92.0 Å². The number of hydrogen-bond donors (Lipinski definition) is 26. The van der Waals surface area contributed by atoms with Crippen molar-refractivity contribution >= 4 is 130 Å². The molecule has 4 aliphatic heterocycles. The van der Waals surface area contributed by atoms with Crippen molar-refractivity contribution in [3.8, 4) is 0 Å². The molecule has 0 radical (unpaired) electrons. The first-order valence-electron chi connectivity index (χ1n) is 47.6. The molecule has 1 aromatic heterocycles. The number of carbonyl (C=O) groups is 20. The van der Waals surface area contributed by atoms with Crippen molar-refractivity contribution in [2.75, 3.05) is 32.7 Å². The first-order valence-corrected chi connectivity index (χ1v) is 47.6. The Morgan fingerprint density at radius 1 is 0.408 bits per heavy atom. The summed E-state index contributed by atoms with van der Waals surface area (Å²) in [5, 5.41) is 89.2. The first-order chi connectivity index (χ1) is 67.1. The van der Waals surface area contributed by atoms with E-state index in [1.54, 1.807) is 102 Å². The van der Waals surface area contributed by atoms with Crippen LogP contribution in [-0.2, 0) is 115 Å². The lowest BCUT2D eigenvalue weighted by atomic mass is 9.95. The van der Waals surface area contributed by atoms with Gasteiger partial charge in [-0.3, -0.25) is 107 Å². The van der Waals surface area contributed by atoms with Gasteiger partial charge in [0.1, 0.15) is 96.7 Å². The number of H-pyrrole nitrogens is 1. The lowest BCUT2D eigenvalue weighted by Gasteiger charge is -2.33. The molecule has 3 aromatic rings. The Bertz CT molecular complexity index is 4970. The number of aliphatic hydroxyl groups excluding tert-OH is 2. The number of benzene rings is 2. The van der Waals surface area contributed by atoms with Gasteiger partial charge in [0.25, 0.3) is 5.91 Å². The van der Waals surface area contributed by atoms with E-state index >= 15 is 19.2 Å². The van der Waals surface area contributed by atoms with Crippen molar-refractivity contribution in [3.05, 3.63) is 90.0 Å². The first kappa shape index (κ1) is 114. The van der Waals surface area contributed by atoms with Crippen LogP contribution in [0.1, 0.15) is 176 Å². The maximum absolute atomic E-state index is 15.4. The van der Waals surface area contributed by atoms with Gasteiger partial charge in [0.05, 0.1) is 25.0 Å². The zero-order valence-electron chi connectivity index (χ0n) is 81.4. The van der Waals surface area contributed by atoms with Gasteiger partial charge in [0, 0.05) is 70.3 Å². The molecular weight excluding hydrogens is 1850 g/mol. The van der Waals surface area contributed by atoms with Gasteiger partial charge in [0.15, 0.2) is 18.0 Å². The average molecular weight is 1990 g/mol. The van der Waals surface area contributed by atoms with Crippen molar-refractivity contribution in [2.45, 2.75) is 293 Å². The number of carbonyl (C=O) groups excluding carboxylic acids is 19. The summed E-state index contributed by atoms with van der Waals surface area (Å²) < 4.78 is 0. The number of imidazole rings is 1. The molecule has 50 heteroatoms. The minimum atomic E-state index is -2.32. The van der Waals surface area contributed by atoms with Gasteiger partial charge in [0.2, 0.25) is 106 Å². The van der Waals surface area contributed by atoms with Crippen LogP contribution in [0.25, 0.3) is 0 Å². The largest absolute Gasteiger partial charge is 0.481 e. The molecule has 7 rings (SSSR count). The predicted octanol–water partition coefficient (Wildman–Crippen LogP) is -7.26. The van der Waals surface area contributed by atoms with Crippen LogP contribution in [0.15, 0.2) is 73.2 Å². The molecule has 0 saturated carbocycles. The number of aromatic amines is 1. The predicted molar refractivity (Wildman–Crippen MR) is 509 cm³/mol. The molecular formula is C92H139N27O23. The molecule has 0 unspecified atom stereocenters. The van der Waals surface area contributed by atoms with Crippen molar-refractivity contribution in [1.29, 1.82) is 10.8 Å². The number of hydrogen-bond acceptors (Lipinski definition) is 25. The van der Waals surface area contributed by atoms with Crippen LogP contribution in [-0.4, -0.2) is 318 Å². The zero-order chi connectivity index (χ0) is 105. The number of guanidine groups is 2. The van der Waals surface area contributed by atoms with E-state index in [1.807, 2.05) is 0 Å². The number of aromatic nitrogens is 2. The van der Waals surface area contributed by atoms with Crippen LogP contribution in [0, 0.1) is 34.5 Å². The molecule has 4 saturated heterocycles. The smallest absolute Gasteiger partial charge is 0.303 e. The number of carboxylic acid groups (broad SMARTS) is 1. The van der Waals surface area contributed by atoms with Gasteiger partial charge < -0.3 is 143 Å². The third-order valence-corrected chi connectivity index (χ3v) is 25.0. The highest BCUT2D eigenvalue weighted by Gasteiger charge is 2.48. The Hall–Kier alpha value is -14.5. The molecule has 5 heterocycles. The number of rotatable bonds is 27. The minimum absolute atomic E-state index is 0.0216. The van der Waals surface area contributed by atoms with E-state index < -0.39 is 288 Å². The quantitative estimate of drug-likeness (QED) is 0.0146. The topological polar surface area (TPSA) is 785 Å². The summed E-state index contributed by atoms with van der Waals surface area (Å²) in [6, 6.07) is -12.3. The van der Waals surface area contributed by atoms with Crippen molar-refractivity contribution in [2.24, 2.45) is 46.6 Å². The normalized spacial score (nSPS) is 26.5. The lowest BCUT2D eigenvalue weighted by Crippen LogP contribution is -2.63. The Kier molecular flexibility index (Phi) is 44.3. The van der Waals surface area contributed by atoms with E-state index in [4.69, 9.17) is 33.8 Å². The molecule has 2 aromatic carbocycles. The fourth-order valence-electron chi connectivity index (χ4n) is 16.9. The Morgan fingerprint density at radius 2 is 0.732 bits per heavy atom. The van der Waals surface area contributed by atoms with Crippen LogP contribution < -0.4 is 108 Å². The maximum Gasteiger partial charge on any atom is 0.303 e. The molecule has 30 N–H and O–H groups in total. The summed E-state index contributed by atoms with van der Waals surface area (Å²) >= 11 is 0. The second kappa shape index (κ2) is 54.9. The monoisotopic (exact) mass is 1990 g/mol. The van der Waals surface area contributed by atoms with Crippen LogP contribution >= 0.6 is 0 Å². The van der Waals surface area contributed by atoms with Gasteiger partial charge in [-0.2, -0.15) is 0 Å². The van der Waals surface area contributed by atoms with E-state index in [0.29, 0.717) is 11.1 Å². The summed E-state index contributed by atoms with van der Waals surface area (Å²) in [7, 11) is 0. The SMILES string of the molecule is CC[C@H](C)[C@@H]1NC(=O)[C@H](CC(N)=O)NC(=O)[C@H](CCCNC(=N)N)NC(=O)[C@H](Cc2ccccc2)NC(=O)[C@H](Cc2ccccc2)NC(=O)[C@H](Cc2cnc[nH]2)NC(=O)[C@H](C(C)C)NC(=O)[C@H](C(C)C)NC(=O)[C@@H]2CCCN2C(=O)[C@H](C(N)=O)NC(=O)[C@H](CCC(=O)O)NC(=O)[C@@H]2CCCN2C(=O)[C@H]([C@@H](C)O)NC(=O)[C@H](CCCNC(=N)N)NC(=O)[C@@H]2CCCN2C(=O)[C@H]([C@@H](C)O)NC(=O)[C@H](C(C)C)NC1=O. The molecule has 4 fully saturated rings. The van der Waals surface area contributed by atoms with Gasteiger partial charge in [-0.05, 0) is 119 Å². The second-order valence-corrected chi connectivity index (χ2v) is 37.1. The molecule has 19 amide bonds. The summed E-state index contributed by atoms with van der Waals surface area (Å²) in [6.07, 6.45) is -4.73. The van der Waals surface area contributed by atoms with Crippen molar-refractivity contribution in [3.63, 3.8) is 0 Å². The maximum atomic E-state index is 15.4. The standard InChI is InChI=1S/C92H139N27O23/c1-11-48(8)69-87(139)112-68(47(6)7)86(138)115-71(50(10)121)89(141)118-37-20-29-61(118)81(133)104-55(28-19-35-101-92(97)98)75(127)114-70(49(9)120)88(140)117-36-21-30-62(117)82(134)105-56(32-33-65(123)124)76(128)116-72(73(94)125)90(142)119-38-22-31-63(119)83(135)110-67(46(4)5)85(137)111-66(45(2)3)84(136)109-59(41-53-43-99-44-102-53)79(131)107-58(40-52-25-16-13-17-26-52)78(130)106-57(39-51-23-14-12-15-24-51)77(129)103-54(27-18-34-100-91(95)96)74(126)108-60(42-64(93)122)80(132)113-69/h12-17,23-26,43-50,54-63,66-72,120-121H,11,18-22,27-42H2,1-10H3,(H2,93,122)(H2,94,125)(H,99,102)(H,103,129)(H,104,133)(H,105,134)(H,106,130)(H,107,131)(H,108,126)(H,109,136)(H,110,135)(H,111,137)(H,112,139)(H,113,132)(H,114,127)(H,115,138)(H,116,128)(H,123,124)(H4,95,96,100)(H4,97,98,101)/t48-,49+,50+,54-,55-,56-,57-,58-,59-,60-,61-,62-,63-,66-,67-,68-,69-,70-,71-,72-/m0/s1. The highest BCUT2D eigenvalue weighted by molar-refractivity contribution is 6.09. The lowest BCUT2D eigenvalue weighted by molar-refractivity contribution is -0.147. The zero-order valence-corrected chi connectivity index (χ0v) is 81.4. The fraction of sp³-hybridized carbons (Fsp3) is 0.598. The van der Waals surface area contributed by atoms with Crippen LogP contribution in [0.4, 0.5) is 0 Å². The number of nitrogens with zero attached hydrogens (tertiary/aromatic N) is 4. The molecule has 0 spiro atoms.